The molecule has 3 heteroatoms. The van der Waals surface area contributed by atoms with Gasteiger partial charge in [-0.25, -0.2) is 4.98 Å². The van der Waals surface area contributed by atoms with Crippen LogP contribution in [-0.2, 0) is 6.42 Å². The number of nitrogens with zero attached hydrogens (tertiary/aromatic N) is 1. The molecule has 1 aromatic rings. The van der Waals surface area contributed by atoms with Gasteiger partial charge in [0.2, 0.25) is 0 Å². The van der Waals surface area contributed by atoms with Crippen LogP contribution in [0.2, 0.25) is 5.15 Å². The van der Waals surface area contributed by atoms with Gasteiger partial charge in [-0.1, -0.05) is 25.1 Å². The van der Waals surface area contributed by atoms with Gasteiger partial charge >= 0.3 is 0 Å². The van der Waals surface area contributed by atoms with Crippen LogP contribution in [0.3, 0.4) is 0 Å². The Kier molecular flexibility index (Phi) is 2.12. The third kappa shape index (κ3) is 1.21. The van der Waals surface area contributed by atoms with Gasteiger partial charge in [-0.3, -0.25) is 0 Å². The molecule has 0 amide bonds. The first-order chi connectivity index (χ1) is 4.77. The first-order valence-electron chi connectivity index (χ1n) is 3.14. The molecule has 1 rings (SSSR count). The molecule has 10 heavy (non-hydrogen) atoms. The van der Waals surface area contributed by atoms with Crippen molar-refractivity contribution in [3.8, 4) is 0 Å². The minimum Gasteiger partial charge on any atom is -0.333 e. The zero-order valence-corrected chi connectivity index (χ0v) is 6.57. The number of rotatable bonds is 2. The van der Waals surface area contributed by atoms with Gasteiger partial charge in [0, 0.05) is 6.42 Å². The van der Waals surface area contributed by atoms with Crippen LogP contribution in [0.25, 0.3) is 6.08 Å². The Morgan fingerprint density at radius 1 is 1.80 bits per heavy atom. The number of halogens is 1. The van der Waals surface area contributed by atoms with E-state index in [0.717, 1.165) is 17.9 Å². The Bertz CT molecular complexity index is 240. The van der Waals surface area contributed by atoms with Gasteiger partial charge in [-0.2, -0.15) is 0 Å². The lowest BCUT2D eigenvalue weighted by Gasteiger charge is -1.81. The van der Waals surface area contributed by atoms with Crippen molar-refractivity contribution in [2.45, 2.75) is 13.3 Å². The summed E-state index contributed by atoms with van der Waals surface area (Å²) in [5.41, 5.74) is 0.735. The Balaban J connectivity index is 3.03. The highest BCUT2D eigenvalue weighted by atomic mass is 35.5. The normalized spacial score (nSPS) is 9.80. The molecule has 0 aliphatic rings. The van der Waals surface area contributed by atoms with Crippen LogP contribution in [0, 0.1) is 0 Å². The molecule has 1 heterocycles. The largest absolute Gasteiger partial charge is 0.333 e. The molecule has 0 aliphatic carbocycles. The van der Waals surface area contributed by atoms with Gasteiger partial charge in [0.25, 0.3) is 0 Å². The molecule has 54 valence electrons. The summed E-state index contributed by atoms with van der Waals surface area (Å²) in [5.74, 6) is 0.903. The van der Waals surface area contributed by atoms with Crippen molar-refractivity contribution >= 4 is 17.7 Å². The number of hydrogen-bond donors (Lipinski definition) is 1. The molecule has 1 N–H and O–H groups in total. The molecule has 0 aliphatic heterocycles. The van der Waals surface area contributed by atoms with E-state index < -0.39 is 0 Å². The number of aryl methyl sites for hydroxylation is 1. The maximum Gasteiger partial charge on any atom is 0.133 e. The second kappa shape index (κ2) is 2.88. The predicted molar refractivity (Wildman–Crippen MR) is 43.1 cm³/mol. The van der Waals surface area contributed by atoms with E-state index in [1.54, 1.807) is 6.08 Å². The summed E-state index contributed by atoms with van der Waals surface area (Å²) < 4.78 is 0. The SMILES string of the molecule is C=Cc1nc(CC)[nH]c1Cl. The highest BCUT2D eigenvalue weighted by Gasteiger charge is 2.01. The molecule has 0 bridgehead atoms. The summed E-state index contributed by atoms with van der Waals surface area (Å²) in [6.07, 6.45) is 2.51. The van der Waals surface area contributed by atoms with E-state index in [-0.39, 0.29) is 0 Å². The van der Waals surface area contributed by atoms with E-state index in [9.17, 15) is 0 Å². The maximum absolute atomic E-state index is 5.73. The van der Waals surface area contributed by atoms with Crippen LogP contribution in [0.1, 0.15) is 18.4 Å². The summed E-state index contributed by atoms with van der Waals surface area (Å²) in [5, 5.41) is 0.576. The average molecular weight is 157 g/mol. The summed E-state index contributed by atoms with van der Waals surface area (Å²) in [6.45, 7) is 5.59. The van der Waals surface area contributed by atoms with Crippen LogP contribution >= 0.6 is 11.6 Å². The van der Waals surface area contributed by atoms with Crippen molar-refractivity contribution < 1.29 is 0 Å². The Hall–Kier alpha value is -0.760. The smallest absolute Gasteiger partial charge is 0.133 e. The number of hydrogen-bond acceptors (Lipinski definition) is 1. The number of aromatic amines is 1. The fourth-order valence-electron chi connectivity index (χ4n) is 0.716. The van der Waals surface area contributed by atoms with E-state index in [0.29, 0.717) is 5.15 Å². The molecular formula is C7H9ClN2. The lowest BCUT2D eigenvalue weighted by atomic mass is 10.4. The second-order valence-electron chi connectivity index (χ2n) is 1.94. The van der Waals surface area contributed by atoms with Gasteiger partial charge in [-0.05, 0) is 6.08 Å². The molecule has 0 saturated heterocycles. The van der Waals surface area contributed by atoms with Crippen molar-refractivity contribution in [2.75, 3.05) is 0 Å². The fraction of sp³-hybridized carbons (Fsp3) is 0.286. The maximum atomic E-state index is 5.73. The molecule has 0 unspecified atom stereocenters. The second-order valence-corrected chi connectivity index (χ2v) is 2.32. The molecule has 0 atom stereocenters. The number of aromatic nitrogens is 2. The summed E-state index contributed by atoms with van der Waals surface area (Å²) in [7, 11) is 0. The van der Waals surface area contributed by atoms with Crippen molar-refractivity contribution in [1.82, 2.24) is 9.97 Å². The molecule has 0 aromatic carbocycles. The highest BCUT2D eigenvalue weighted by Crippen LogP contribution is 2.13. The van der Waals surface area contributed by atoms with E-state index >= 15 is 0 Å². The zero-order chi connectivity index (χ0) is 7.56. The topological polar surface area (TPSA) is 28.7 Å². The molecule has 2 nitrogen and oxygen atoms in total. The van der Waals surface area contributed by atoms with E-state index in [1.807, 2.05) is 6.92 Å². The lowest BCUT2D eigenvalue weighted by Crippen LogP contribution is -1.80. The molecule has 0 radical (unpaired) electrons. The monoisotopic (exact) mass is 156 g/mol. The summed E-state index contributed by atoms with van der Waals surface area (Å²) >= 11 is 5.73. The minimum absolute atomic E-state index is 0.576. The molecular weight excluding hydrogens is 148 g/mol. The average Bonchev–Trinajstić information content (AvgIpc) is 2.30. The Morgan fingerprint density at radius 3 is 2.80 bits per heavy atom. The van der Waals surface area contributed by atoms with Crippen LogP contribution < -0.4 is 0 Å². The lowest BCUT2D eigenvalue weighted by molar-refractivity contribution is 0.988. The Labute approximate surface area is 64.9 Å². The van der Waals surface area contributed by atoms with Gasteiger partial charge < -0.3 is 4.98 Å². The first-order valence-corrected chi connectivity index (χ1v) is 3.52. The van der Waals surface area contributed by atoms with Gasteiger partial charge in [0.15, 0.2) is 0 Å². The van der Waals surface area contributed by atoms with E-state index in [2.05, 4.69) is 16.5 Å². The van der Waals surface area contributed by atoms with Crippen molar-refractivity contribution in [1.29, 1.82) is 0 Å². The van der Waals surface area contributed by atoms with E-state index in [4.69, 9.17) is 11.6 Å². The van der Waals surface area contributed by atoms with Crippen LogP contribution in [0.4, 0.5) is 0 Å². The third-order valence-corrected chi connectivity index (χ3v) is 1.55. The zero-order valence-electron chi connectivity index (χ0n) is 5.82. The molecule has 1 aromatic heterocycles. The summed E-state index contributed by atoms with van der Waals surface area (Å²) in [4.78, 5) is 7.07. The van der Waals surface area contributed by atoms with Gasteiger partial charge in [0.1, 0.15) is 11.0 Å². The highest BCUT2D eigenvalue weighted by molar-refractivity contribution is 6.30. The van der Waals surface area contributed by atoms with Gasteiger partial charge in [0.05, 0.1) is 5.69 Å². The van der Waals surface area contributed by atoms with Crippen molar-refractivity contribution in [3.63, 3.8) is 0 Å². The van der Waals surface area contributed by atoms with Crippen molar-refractivity contribution in [2.24, 2.45) is 0 Å². The first kappa shape index (κ1) is 7.35. The van der Waals surface area contributed by atoms with Crippen LogP contribution in [-0.4, -0.2) is 9.97 Å². The number of imidazole rings is 1. The van der Waals surface area contributed by atoms with Gasteiger partial charge in [-0.15, -0.1) is 0 Å². The standard InChI is InChI=1S/C7H9ClN2/c1-3-5-7(8)10-6(4-2)9-5/h3H,1,4H2,2H3,(H,9,10). The quantitative estimate of drug-likeness (QED) is 0.699. The number of H-pyrrole nitrogens is 1. The predicted octanol–water partition coefficient (Wildman–Crippen LogP) is 2.27. The fourth-order valence-corrected chi connectivity index (χ4v) is 0.944. The molecule has 0 spiro atoms. The van der Waals surface area contributed by atoms with Crippen LogP contribution in [0.15, 0.2) is 6.58 Å². The van der Waals surface area contributed by atoms with Crippen LogP contribution in [0.5, 0.6) is 0 Å². The molecule has 0 saturated carbocycles. The minimum atomic E-state index is 0.576. The van der Waals surface area contributed by atoms with Crippen molar-refractivity contribution in [3.05, 3.63) is 23.3 Å². The summed E-state index contributed by atoms with van der Waals surface area (Å²) in [6, 6.07) is 0. The van der Waals surface area contributed by atoms with E-state index in [1.165, 1.54) is 0 Å². The third-order valence-electron chi connectivity index (χ3n) is 1.26. The number of nitrogens with one attached hydrogen (secondary N) is 1. The Morgan fingerprint density at radius 2 is 2.50 bits per heavy atom. The molecule has 0 fully saturated rings.